The van der Waals surface area contributed by atoms with Crippen molar-refractivity contribution in [2.75, 3.05) is 20.3 Å². The Balaban J connectivity index is 1.99. The van der Waals surface area contributed by atoms with Gasteiger partial charge in [0.2, 0.25) is 0 Å². The molecule has 1 heterocycles. The van der Waals surface area contributed by atoms with Gasteiger partial charge in [-0.1, -0.05) is 6.07 Å². The summed E-state index contributed by atoms with van der Waals surface area (Å²) in [6.45, 7) is 1.63. The molecule has 1 unspecified atom stereocenters. The van der Waals surface area contributed by atoms with Crippen LogP contribution in [-0.2, 0) is 4.74 Å². The summed E-state index contributed by atoms with van der Waals surface area (Å²) in [7, 11) is 1.46. The molecule has 0 bridgehead atoms. The fourth-order valence-corrected chi connectivity index (χ4v) is 2.39. The molecule has 1 aromatic carbocycles. The molecular weight excluding hydrogens is 233 g/mol. The van der Waals surface area contributed by atoms with Crippen molar-refractivity contribution in [1.29, 1.82) is 0 Å². The Kier molecular flexibility index (Phi) is 4.55. The molecule has 3 nitrogen and oxygen atoms in total. The van der Waals surface area contributed by atoms with Crippen molar-refractivity contribution < 1.29 is 13.9 Å². The van der Waals surface area contributed by atoms with E-state index in [4.69, 9.17) is 15.2 Å². The maximum absolute atomic E-state index is 13.6. The highest BCUT2D eigenvalue weighted by atomic mass is 19.1. The zero-order valence-electron chi connectivity index (χ0n) is 10.7. The van der Waals surface area contributed by atoms with Crippen molar-refractivity contribution in [1.82, 2.24) is 0 Å². The largest absolute Gasteiger partial charge is 0.494 e. The van der Waals surface area contributed by atoms with Crippen molar-refractivity contribution in [3.8, 4) is 5.75 Å². The van der Waals surface area contributed by atoms with Gasteiger partial charge in [-0.25, -0.2) is 4.39 Å². The fraction of sp³-hybridized carbons (Fsp3) is 0.571. The first-order valence-electron chi connectivity index (χ1n) is 6.37. The molecule has 1 aliphatic heterocycles. The van der Waals surface area contributed by atoms with Crippen LogP contribution in [0.4, 0.5) is 4.39 Å². The van der Waals surface area contributed by atoms with Gasteiger partial charge in [0, 0.05) is 19.3 Å². The van der Waals surface area contributed by atoms with Gasteiger partial charge in [0.1, 0.15) is 0 Å². The molecule has 1 saturated heterocycles. The number of rotatable bonds is 4. The summed E-state index contributed by atoms with van der Waals surface area (Å²) in [5.74, 6) is 0.494. The molecule has 100 valence electrons. The molecule has 0 aliphatic carbocycles. The topological polar surface area (TPSA) is 44.5 Å². The average Bonchev–Trinajstić information content (AvgIpc) is 2.39. The van der Waals surface area contributed by atoms with Crippen LogP contribution in [0.2, 0.25) is 0 Å². The lowest BCUT2D eigenvalue weighted by Gasteiger charge is -2.25. The van der Waals surface area contributed by atoms with E-state index < -0.39 is 0 Å². The van der Waals surface area contributed by atoms with Crippen LogP contribution >= 0.6 is 0 Å². The van der Waals surface area contributed by atoms with Gasteiger partial charge in [0.15, 0.2) is 11.6 Å². The van der Waals surface area contributed by atoms with Crippen molar-refractivity contribution in [2.24, 2.45) is 11.7 Å². The lowest BCUT2D eigenvalue weighted by Crippen LogP contribution is -2.21. The predicted molar refractivity (Wildman–Crippen MR) is 68.0 cm³/mol. The molecule has 1 fully saturated rings. The van der Waals surface area contributed by atoms with E-state index in [1.807, 2.05) is 6.07 Å². The molecule has 0 aromatic heterocycles. The van der Waals surface area contributed by atoms with Crippen LogP contribution in [0.25, 0.3) is 0 Å². The summed E-state index contributed by atoms with van der Waals surface area (Å²) < 4.78 is 23.8. The number of benzene rings is 1. The fourth-order valence-electron chi connectivity index (χ4n) is 2.39. The average molecular weight is 253 g/mol. The summed E-state index contributed by atoms with van der Waals surface area (Å²) in [4.78, 5) is 0. The minimum atomic E-state index is -0.350. The Bertz CT molecular complexity index is 391. The summed E-state index contributed by atoms with van der Waals surface area (Å²) in [6.07, 6.45) is 2.98. The number of ether oxygens (including phenoxy) is 2. The van der Waals surface area contributed by atoms with Crippen LogP contribution < -0.4 is 10.5 Å². The Morgan fingerprint density at radius 1 is 1.44 bits per heavy atom. The van der Waals surface area contributed by atoms with Gasteiger partial charge in [0.05, 0.1) is 7.11 Å². The smallest absolute Gasteiger partial charge is 0.165 e. The number of hydrogen-bond acceptors (Lipinski definition) is 3. The first kappa shape index (κ1) is 13.3. The molecule has 0 saturated carbocycles. The van der Waals surface area contributed by atoms with Gasteiger partial charge in [0.25, 0.3) is 0 Å². The van der Waals surface area contributed by atoms with Gasteiger partial charge >= 0.3 is 0 Å². The lowest BCUT2D eigenvalue weighted by atomic mass is 9.90. The van der Waals surface area contributed by atoms with Gasteiger partial charge in [-0.15, -0.1) is 0 Å². The maximum Gasteiger partial charge on any atom is 0.165 e. The van der Waals surface area contributed by atoms with Crippen LogP contribution in [0.1, 0.15) is 30.9 Å². The molecule has 0 radical (unpaired) electrons. The molecule has 1 aromatic rings. The second-order valence-electron chi connectivity index (χ2n) is 4.79. The monoisotopic (exact) mass is 253 g/mol. The van der Waals surface area contributed by atoms with Gasteiger partial charge < -0.3 is 15.2 Å². The third-order valence-corrected chi connectivity index (χ3v) is 3.53. The van der Waals surface area contributed by atoms with E-state index in [1.165, 1.54) is 13.2 Å². The normalized spacial score (nSPS) is 18.6. The van der Waals surface area contributed by atoms with E-state index in [1.54, 1.807) is 6.07 Å². The highest BCUT2D eigenvalue weighted by molar-refractivity contribution is 5.30. The Labute approximate surface area is 107 Å². The zero-order valence-corrected chi connectivity index (χ0v) is 10.7. The summed E-state index contributed by atoms with van der Waals surface area (Å²) in [6, 6.07) is 4.83. The highest BCUT2D eigenvalue weighted by Crippen LogP contribution is 2.28. The quantitative estimate of drug-likeness (QED) is 0.897. The van der Waals surface area contributed by atoms with Gasteiger partial charge in [-0.05, 0) is 42.9 Å². The van der Waals surface area contributed by atoms with Crippen molar-refractivity contribution >= 4 is 0 Å². The van der Waals surface area contributed by atoms with E-state index in [9.17, 15) is 4.39 Å². The summed E-state index contributed by atoms with van der Waals surface area (Å²) in [5.41, 5.74) is 6.97. The summed E-state index contributed by atoms with van der Waals surface area (Å²) in [5, 5.41) is 0. The number of halogens is 1. The van der Waals surface area contributed by atoms with Gasteiger partial charge in [-0.2, -0.15) is 0 Å². The Hall–Kier alpha value is -1.13. The van der Waals surface area contributed by atoms with E-state index in [-0.39, 0.29) is 17.6 Å². The van der Waals surface area contributed by atoms with Crippen LogP contribution in [0.3, 0.4) is 0 Å². The predicted octanol–water partition coefficient (Wildman–Crippen LogP) is 2.65. The number of nitrogens with two attached hydrogens (primary N) is 1. The van der Waals surface area contributed by atoms with E-state index in [0.717, 1.165) is 38.0 Å². The second-order valence-corrected chi connectivity index (χ2v) is 4.79. The van der Waals surface area contributed by atoms with Crippen molar-refractivity contribution in [2.45, 2.75) is 25.3 Å². The van der Waals surface area contributed by atoms with E-state index in [2.05, 4.69) is 0 Å². The minimum Gasteiger partial charge on any atom is -0.494 e. The van der Waals surface area contributed by atoms with Crippen molar-refractivity contribution in [3.63, 3.8) is 0 Å². The highest BCUT2D eigenvalue weighted by Gasteiger charge is 2.18. The summed E-state index contributed by atoms with van der Waals surface area (Å²) >= 11 is 0. The Morgan fingerprint density at radius 2 is 2.17 bits per heavy atom. The zero-order chi connectivity index (χ0) is 13.0. The molecule has 1 aliphatic rings. The molecule has 0 amide bonds. The number of hydrogen-bond donors (Lipinski definition) is 1. The standard InChI is InChI=1S/C14H20FNO2/c1-17-14-3-2-11(9-12(14)15)13(16)8-10-4-6-18-7-5-10/h2-3,9-10,13H,4-8,16H2,1H3. The maximum atomic E-state index is 13.6. The first-order chi connectivity index (χ1) is 8.70. The molecule has 1 atom stereocenters. The third kappa shape index (κ3) is 3.21. The lowest BCUT2D eigenvalue weighted by molar-refractivity contribution is 0.0618. The molecule has 4 heteroatoms. The molecule has 2 rings (SSSR count). The Morgan fingerprint density at radius 3 is 2.78 bits per heavy atom. The van der Waals surface area contributed by atoms with Crippen molar-refractivity contribution in [3.05, 3.63) is 29.6 Å². The van der Waals surface area contributed by atoms with E-state index >= 15 is 0 Å². The van der Waals surface area contributed by atoms with Gasteiger partial charge in [-0.3, -0.25) is 0 Å². The van der Waals surface area contributed by atoms with E-state index in [0.29, 0.717) is 5.92 Å². The molecule has 2 N–H and O–H groups in total. The SMILES string of the molecule is COc1ccc(C(N)CC2CCOCC2)cc1F. The minimum absolute atomic E-state index is 0.117. The third-order valence-electron chi connectivity index (χ3n) is 3.53. The van der Waals surface area contributed by atoms with Crippen LogP contribution in [0.5, 0.6) is 5.75 Å². The van der Waals surface area contributed by atoms with Crippen LogP contribution in [0.15, 0.2) is 18.2 Å². The number of methoxy groups -OCH3 is 1. The molecular formula is C14H20FNO2. The van der Waals surface area contributed by atoms with Crippen LogP contribution in [-0.4, -0.2) is 20.3 Å². The van der Waals surface area contributed by atoms with Crippen LogP contribution in [0, 0.1) is 11.7 Å². The molecule has 0 spiro atoms. The second kappa shape index (κ2) is 6.16. The first-order valence-corrected chi connectivity index (χ1v) is 6.37. The molecule has 18 heavy (non-hydrogen) atoms.